The molecule has 13 heteroatoms. The highest BCUT2D eigenvalue weighted by Crippen LogP contribution is 2.31. The fraction of sp³-hybridized carbons (Fsp3) is 0.292. The van der Waals surface area contributed by atoms with Gasteiger partial charge in [-0.05, 0) is 55.8 Å². The molecule has 0 bridgehead atoms. The third-order valence-corrected chi connectivity index (χ3v) is 6.22. The van der Waals surface area contributed by atoms with E-state index in [1.54, 1.807) is 0 Å². The predicted octanol–water partition coefficient (Wildman–Crippen LogP) is 4.21. The summed E-state index contributed by atoms with van der Waals surface area (Å²) < 4.78 is 58.6. The average molecular weight is 540 g/mol. The summed E-state index contributed by atoms with van der Waals surface area (Å²) in [6.07, 6.45) is 2.00. The van der Waals surface area contributed by atoms with Crippen molar-refractivity contribution < 1.29 is 31.9 Å². The number of ether oxygens (including phenoxy) is 1. The van der Waals surface area contributed by atoms with E-state index in [-0.39, 0.29) is 39.3 Å². The van der Waals surface area contributed by atoms with Crippen LogP contribution in [0.15, 0.2) is 36.5 Å². The molecule has 2 aromatic carbocycles. The van der Waals surface area contributed by atoms with Crippen LogP contribution in [0.25, 0.3) is 11.3 Å². The number of halogens is 5. The summed E-state index contributed by atoms with van der Waals surface area (Å²) in [5.74, 6) is -4.58. The number of carbonyl (C=O) groups excluding carboxylic acids is 2. The number of amides is 2. The van der Waals surface area contributed by atoms with Gasteiger partial charge in [-0.25, -0.2) is 9.37 Å². The summed E-state index contributed by atoms with van der Waals surface area (Å²) in [5.41, 5.74) is 0.248. The van der Waals surface area contributed by atoms with Crippen molar-refractivity contribution in [3.63, 3.8) is 0 Å². The van der Waals surface area contributed by atoms with Gasteiger partial charge in [0.1, 0.15) is 0 Å². The number of hydrogen-bond donors (Lipinski definition) is 3. The van der Waals surface area contributed by atoms with E-state index in [4.69, 9.17) is 11.6 Å². The Bertz CT molecular complexity index is 1330. The van der Waals surface area contributed by atoms with E-state index < -0.39 is 29.9 Å². The van der Waals surface area contributed by atoms with Crippen molar-refractivity contribution >= 4 is 29.1 Å². The van der Waals surface area contributed by atoms with E-state index in [0.29, 0.717) is 12.5 Å². The number of nitrogens with zero attached hydrogens (tertiary/aromatic N) is 2. The van der Waals surface area contributed by atoms with Gasteiger partial charge in [-0.3, -0.25) is 9.59 Å². The summed E-state index contributed by atoms with van der Waals surface area (Å²) in [6, 6.07) is 6.28. The van der Waals surface area contributed by atoms with Crippen LogP contribution in [0.4, 0.5) is 23.2 Å². The predicted molar refractivity (Wildman–Crippen MR) is 128 cm³/mol. The van der Waals surface area contributed by atoms with E-state index >= 15 is 0 Å². The molecule has 8 nitrogen and oxygen atoms in total. The Morgan fingerprint density at radius 3 is 2.59 bits per heavy atom. The Morgan fingerprint density at radius 1 is 1.19 bits per heavy atom. The lowest BCUT2D eigenvalue weighted by Crippen LogP contribution is -2.43. The molecular formula is C24H22ClF4N5O3. The standard InChI is InChI=1S/C24H22ClF4N5O3/c1-34-17(15-4-5-18(37-24(28)29)20(27)19(15)26)11-32-21(34)23(36)33-13-2-3-14(16(25)8-13)22(35)31-7-6-12-9-30-10-12/h2-5,8,11-12,24,30H,6-7,9-10H2,1H3,(H,31,35)(H,33,36). The zero-order valence-corrected chi connectivity index (χ0v) is 20.2. The van der Waals surface area contributed by atoms with Crippen molar-refractivity contribution in [2.24, 2.45) is 13.0 Å². The van der Waals surface area contributed by atoms with Crippen molar-refractivity contribution in [1.29, 1.82) is 0 Å². The number of carbonyl (C=O) groups is 2. The Morgan fingerprint density at radius 2 is 1.95 bits per heavy atom. The van der Waals surface area contributed by atoms with E-state index in [1.807, 2.05) is 0 Å². The van der Waals surface area contributed by atoms with Crippen LogP contribution in [0.2, 0.25) is 5.02 Å². The minimum Gasteiger partial charge on any atom is -0.432 e. The maximum Gasteiger partial charge on any atom is 0.387 e. The Labute approximate surface area is 214 Å². The zero-order valence-electron chi connectivity index (χ0n) is 19.5. The first kappa shape index (κ1) is 26.4. The van der Waals surface area contributed by atoms with Gasteiger partial charge in [-0.2, -0.15) is 13.2 Å². The third-order valence-electron chi connectivity index (χ3n) is 5.91. The molecule has 0 aliphatic carbocycles. The number of rotatable bonds is 9. The molecule has 2 amide bonds. The maximum absolute atomic E-state index is 14.5. The molecule has 0 unspecified atom stereocenters. The van der Waals surface area contributed by atoms with Gasteiger partial charge >= 0.3 is 6.61 Å². The summed E-state index contributed by atoms with van der Waals surface area (Å²) in [5, 5.41) is 8.70. The van der Waals surface area contributed by atoms with Crippen LogP contribution in [0.3, 0.4) is 0 Å². The normalized spacial score (nSPS) is 13.4. The lowest BCUT2D eigenvalue weighted by Gasteiger charge is -2.26. The maximum atomic E-state index is 14.5. The van der Waals surface area contributed by atoms with Crippen molar-refractivity contribution in [3.8, 4) is 17.0 Å². The highest BCUT2D eigenvalue weighted by molar-refractivity contribution is 6.34. The zero-order chi connectivity index (χ0) is 26.7. The molecule has 1 saturated heterocycles. The van der Waals surface area contributed by atoms with Gasteiger partial charge in [-0.15, -0.1) is 0 Å². The van der Waals surface area contributed by atoms with Crippen LogP contribution >= 0.6 is 11.6 Å². The van der Waals surface area contributed by atoms with Gasteiger partial charge in [0, 0.05) is 24.8 Å². The van der Waals surface area contributed by atoms with Crippen molar-refractivity contribution in [1.82, 2.24) is 20.2 Å². The molecule has 0 saturated carbocycles. The number of alkyl halides is 2. The fourth-order valence-electron chi connectivity index (χ4n) is 3.79. The first-order valence-corrected chi connectivity index (χ1v) is 11.6. The first-order valence-electron chi connectivity index (χ1n) is 11.2. The molecular weight excluding hydrogens is 518 g/mol. The quantitative estimate of drug-likeness (QED) is 0.354. The fourth-order valence-corrected chi connectivity index (χ4v) is 4.06. The largest absolute Gasteiger partial charge is 0.432 e. The van der Waals surface area contributed by atoms with Crippen LogP contribution in [-0.4, -0.2) is 47.6 Å². The molecule has 0 atom stereocenters. The molecule has 0 spiro atoms. The molecule has 3 aromatic rings. The summed E-state index contributed by atoms with van der Waals surface area (Å²) >= 11 is 6.25. The van der Waals surface area contributed by atoms with Crippen LogP contribution in [0.5, 0.6) is 5.75 Å². The minimum atomic E-state index is -3.32. The van der Waals surface area contributed by atoms with Gasteiger partial charge < -0.3 is 25.3 Å². The van der Waals surface area contributed by atoms with E-state index in [1.165, 1.54) is 29.8 Å². The molecule has 2 heterocycles. The molecule has 4 rings (SSSR count). The van der Waals surface area contributed by atoms with Gasteiger partial charge in [0.15, 0.2) is 17.4 Å². The molecule has 37 heavy (non-hydrogen) atoms. The molecule has 196 valence electrons. The van der Waals surface area contributed by atoms with Gasteiger partial charge in [0.25, 0.3) is 11.8 Å². The van der Waals surface area contributed by atoms with Crippen molar-refractivity contribution in [2.45, 2.75) is 13.0 Å². The second-order valence-corrected chi connectivity index (χ2v) is 8.77. The molecule has 1 fully saturated rings. The topological polar surface area (TPSA) is 97.3 Å². The van der Waals surface area contributed by atoms with E-state index in [9.17, 15) is 27.2 Å². The lowest BCUT2D eigenvalue weighted by atomic mass is 9.99. The van der Waals surface area contributed by atoms with Gasteiger partial charge in [0.05, 0.1) is 22.5 Å². The van der Waals surface area contributed by atoms with Crippen LogP contribution in [0.1, 0.15) is 27.4 Å². The number of imidazole rings is 1. The van der Waals surface area contributed by atoms with Crippen molar-refractivity contribution in [3.05, 3.63) is 64.6 Å². The third kappa shape index (κ3) is 5.86. The highest BCUT2D eigenvalue weighted by atomic mass is 35.5. The summed E-state index contributed by atoms with van der Waals surface area (Å²) in [7, 11) is 1.40. The SMILES string of the molecule is Cn1c(-c2ccc(OC(F)F)c(F)c2F)cnc1C(=O)Nc1ccc(C(=O)NCCC2CNC2)c(Cl)c1. The lowest BCUT2D eigenvalue weighted by molar-refractivity contribution is -0.0525. The Hall–Kier alpha value is -3.64. The monoisotopic (exact) mass is 539 g/mol. The van der Waals surface area contributed by atoms with Crippen molar-refractivity contribution in [2.75, 3.05) is 25.0 Å². The number of nitrogens with one attached hydrogen (secondary N) is 3. The van der Waals surface area contributed by atoms with Crippen LogP contribution in [-0.2, 0) is 7.05 Å². The number of aromatic nitrogens is 2. The number of benzene rings is 2. The first-order chi connectivity index (χ1) is 17.7. The highest BCUT2D eigenvalue weighted by Gasteiger charge is 2.23. The Kier molecular flexibility index (Phi) is 7.98. The molecule has 1 aliphatic heterocycles. The summed E-state index contributed by atoms with van der Waals surface area (Å²) in [6.45, 7) is -0.916. The van der Waals surface area contributed by atoms with Gasteiger partial charge in [-0.1, -0.05) is 11.6 Å². The number of hydrogen-bond acceptors (Lipinski definition) is 5. The van der Waals surface area contributed by atoms with Crippen LogP contribution in [0, 0.1) is 17.6 Å². The summed E-state index contributed by atoms with van der Waals surface area (Å²) in [4.78, 5) is 29.2. The smallest absolute Gasteiger partial charge is 0.387 e. The van der Waals surface area contributed by atoms with E-state index in [0.717, 1.165) is 37.8 Å². The van der Waals surface area contributed by atoms with Gasteiger partial charge in [0.2, 0.25) is 5.82 Å². The Balaban J connectivity index is 1.44. The molecule has 3 N–H and O–H groups in total. The second-order valence-electron chi connectivity index (χ2n) is 8.36. The van der Waals surface area contributed by atoms with E-state index in [2.05, 4.69) is 25.7 Å². The second kappa shape index (κ2) is 11.2. The van der Waals surface area contributed by atoms with Crippen LogP contribution < -0.4 is 20.7 Å². The molecule has 1 aromatic heterocycles. The molecule has 0 radical (unpaired) electrons. The molecule has 1 aliphatic rings. The number of anilines is 1. The average Bonchev–Trinajstić information content (AvgIpc) is 3.19. The minimum absolute atomic E-state index is 0.0212.